The van der Waals surface area contributed by atoms with E-state index in [-0.39, 0.29) is 0 Å². The predicted molar refractivity (Wildman–Crippen MR) is 51.7 cm³/mol. The number of benzene rings is 1. The second kappa shape index (κ2) is 3.10. The third-order valence-electron chi connectivity index (χ3n) is 2.10. The first-order chi connectivity index (χ1) is 6.72. The minimum Gasteiger partial charge on any atom is -0.366 e. The summed E-state index contributed by atoms with van der Waals surface area (Å²) < 4.78 is 1.76. The Morgan fingerprint density at radius 2 is 2.36 bits per heavy atom. The highest BCUT2D eigenvalue weighted by Crippen LogP contribution is 2.12. The molecule has 0 fully saturated rings. The summed E-state index contributed by atoms with van der Waals surface area (Å²) in [6, 6.07) is 5.13. The lowest BCUT2D eigenvalue weighted by atomic mass is 10.2. The van der Waals surface area contributed by atoms with E-state index in [1.165, 1.54) is 0 Å². The number of nitrogens with two attached hydrogens (primary N) is 1. The molecule has 0 unspecified atom stereocenters. The van der Waals surface area contributed by atoms with Crippen molar-refractivity contribution in [2.45, 2.75) is 13.5 Å². The number of primary amides is 1. The van der Waals surface area contributed by atoms with Gasteiger partial charge < -0.3 is 5.73 Å². The zero-order chi connectivity index (χ0) is 10.1. The third kappa shape index (κ3) is 1.22. The molecule has 0 saturated carbocycles. The normalized spacial score (nSPS) is 10.6. The molecule has 14 heavy (non-hydrogen) atoms. The van der Waals surface area contributed by atoms with Gasteiger partial charge in [-0.25, -0.2) is 4.68 Å². The Morgan fingerprint density at radius 1 is 1.57 bits per heavy atom. The van der Waals surface area contributed by atoms with Crippen LogP contribution in [0.3, 0.4) is 0 Å². The fourth-order valence-corrected chi connectivity index (χ4v) is 1.36. The van der Waals surface area contributed by atoms with Crippen molar-refractivity contribution in [2.75, 3.05) is 0 Å². The summed E-state index contributed by atoms with van der Waals surface area (Å²) in [4.78, 5) is 10.9. The number of carbonyl (C=O) groups is 1. The lowest BCUT2D eigenvalue weighted by molar-refractivity contribution is 0.100. The van der Waals surface area contributed by atoms with Gasteiger partial charge in [0.1, 0.15) is 5.52 Å². The molecule has 1 heterocycles. The molecule has 0 spiro atoms. The van der Waals surface area contributed by atoms with Crippen LogP contribution in [0.15, 0.2) is 18.2 Å². The lowest BCUT2D eigenvalue weighted by Crippen LogP contribution is -2.10. The van der Waals surface area contributed by atoms with E-state index < -0.39 is 5.91 Å². The van der Waals surface area contributed by atoms with Crippen molar-refractivity contribution in [2.24, 2.45) is 5.73 Å². The van der Waals surface area contributed by atoms with E-state index in [0.717, 1.165) is 12.1 Å². The average molecular weight is 190 g/mol. The van der Waals surface area contributed by atoms with Gasteiger partial charge in [-0.2, -0.15) is 0 Å². The van der Waals surface area contributed by atoms with Gasteiger partial charge in [0.05, 0.1) is 5.52 Å². The van der Waals surface area contributed by atoms with Crippen molar-refractivity contribution in [3.05, 3.63) is 23.8 Å². The zero-order valence-corrected chi connectivity index (χ0v) is 7.77. The van der Waals surface area contributed by atoms with Gasteiger partial charge in [0, 0.05) is 12.1 Å². The highest BCUT2D eigenvalue weighted by molar-refractivity contribution is 5.96. The number of carbonyl (C=O) groups excluding carboxylic acids is 1. The first-order valence-corrected chi connectivity index (χ1v) is 4.35. The summed E-state index contributed by atoms with van der Waals surface area (Å²) in [5.74, 6) is -0.446. The number of hydrogen-bond donors (Lipinski definition) is 1. The minimum atomic E-state index is -0.446. The number of fused-ring (bicyclic) bond motifs is 1. The molecule has 0 aliphatic carbocycles. The molecule has 1 amide bonds. The van der Waals surface area contributed by atoms with Crippen molar-refractivity contribution in [3.8, 4) is 0 Å². The molecule has 2 rings (SSSR count). The second-order valence-electron chi connectivity index (χ2n) is 2.97. The van der Waals surface area contributed by atoms with Crippen LogP contribution in [-0.4, -0.2) is 20.9 Å². The fourth-order valence-electron chi connectivity index (χ4n) is 1.36. The van der Waals surface area contributed by atoms with Gasteiger partial charge in [-0.05, 0) is 25.1 Å². The number of hydrogen-bond acceptors (Lipinski definition) is 3. The van der Waals surface area contributed by atoms with Gasteiger partial charge in [0.15, 0.2) is 0 Å². The molecule has 0 aliphatic rings. The van der Waals surface area contributed by atoms with Crippen LogP contribution in [0.4, 0.5) is 0 Å². The Labute approximate surface area is 80.5 Å². The Bertz CT molecular complexity index is 489. The molecular formula is C9H10N4O. The first kappa shape index (κ1) is 8.68. The summed E-state index contributed by atoms with van der Waals surface area (Å²) in [6.07, 6.45) is 0. The Balaban J connectivity index is 2.63. The molecule has 0 aliphatic heterocycles. The zero-order valence-electron chi connectivity index (χ0n) is 7.77. The molecule has 1 aromatic heterocycles. The van der Waals surface area contributed by atoms with Crippen LogP contribution in [0.2, 0.25) is 0 Å². The second-order valence-corrected chi connectivity index (χ2v) is 2.97. The van der Waals surface area contributed by atoms with E-state index in [1.807, 2.05) is 6.92 Å². The topological polar surface area (TPSA) is 73.8 Å². The van der Waals surface area contributed by atoms with Crippen molar-refractivity contribution in [3.63, 3.8) is 0 Å². The van der Waals surface area contributed by atoms with Crippen molar-refractivity contribution in [1.29, 1.82) is 0 Å². The maximum absolute atomic E-state index is 10.9. The van der Waals surface area contributed by atoms with Crippen LogP contribution in [-0.2, 0) is 6.54 Å². The van der Waals surface area contributed by atoms with Gasteiger partial charge in [0.2, 0.25) is 5.91 Å². The molecule has 72 valence electrons. The minimum absolute atomic E-state index is 0.446. The monoisotopic (exact) mass is 190 g/mol. The van der Waals surface area contributed by atoms with Crippen LogP contribution in [0.25, 0.3) is 11.0 Å². The molecule has 0 atom stereocenters. The SMILES string of the molecule is CCn1nnc2cc(C(N)=O)ccc21. The molecule has 0 bridgehead atoms. The number of aryl methyl sites for hydroxylation is 1. The van der Waals surface area contributed by atoms with E-state index in [1.54, 1.807) is 22.9 Å². The van der Waals surface area contributed by atoms with Crippen molar-refractivity contribution < 1.29 is 4.79 Å². The van der Waals surface area contributed by atoms with Crippen molar-refractivity contribution in [1.82, 2.24) is 15.0 Å². The molecule has 2 N–H and O–H groups in total. The van der Waals surface area contributed by atoms with E-state index in [4.69, 9.17) is 5.73 Å². The molecular weight excluding hydrogens is 180 g/mol. The summed E-state index contributed by atoms with van der Waals surface area (Å²) in [6.45, 7) is 2.74. The van der Waals surface area contributed by atoms with Gasteiger partial charge in [-0.3, -0.25) is 4.79 Å². The Hall–Kier alpha value is -1.91. The van der Waals surface area contributed by atoms with Crippen molar-refractivity contribution >= 4 is 16.9 Å². The van der Waals surface area contributed by atoms with Crippen LogP contribution in [0.5, 0.6) is 0 Å². The predicted octanol–water partition coefficient (Wildman–Crippen LogP) is 0.550. The van der Waals surface area contributed by atoms with Gasteiger partial charge >= 0.3 is 0 Å². The highest BCUT2D eigenvalue weighted by Gasteiger charge is 2.06. The summed E-state index contributed by atoms with van der Waals surface area (Å²) in [7, 11) is 0. The van der Waals surface area contributed by atoms with E-state index in [0.29, 0.717) is 11.1 Å². The average Bonchev–Trinajstić information content (AvgIpc) is 2.59. The number of amides is 1. The largest absolute Gasteiger partial charge is 0.366 e. The first-order valence-electron chi connectivity index (χ1n) is 4.35. The summed E-state index contributed by atoms with van der Waals surface area (Å²) in [5.41, 5.74) is 7.22. The number of nitrogens with zero attached hydrogens (tertiary/aromatic N) is 3. The fraction of sp³-hybridized carbons (Fsp3) is 0.222. The lowest BCUT2D eigenvalue weighted by Gasteiger charge is -1.97. The molecule has 2 aromatic rings. The van der Waals surface area contributed by atoms with Crippen LogP contribution in [0.1, 0.15) is 17.3 Å². The Morgan fingerprint density at radius 3 is 3.00 bits per heavy atom. The number of rotatable bonds is 2. The van der Waals surface area contributed by atoms with Crippen LogP contribution >= 0.6 is 0 Å². The quantitative estimate of drug-likeness (QED) is 0.751. The van der Waals surface area contributed by atoms with E-state index in [9.17, 15) is 4.79 Å². The highest BCUT2D eigenvalue weighted by atomic mass is 16.1. The number of aromatic nitrogens is 3. The molecule has 0 saturated heterocycles. The van der Waals surface area contributed by atoms with Gasteiger partial charge in [-0.15, -0.1) is 5.10 Å². The standard InChI is InChI=1S/C9H10N4O/c1-2-13-8-4-3-6(9(10)14)5-7(8)11-12-13/h3-5H,2H2,1H3,(H2,10,14). The molecule has 1 aromatic carbocycles. The van der Waals surface area contributed by atoms with Crippen LogP contribution in [0, 0.1) is 0 Å². The Kier molecular flexibility index (Phi) is 1.92. The third-order valence-corrected chi connectivity index (χ3v) is 2.10. The molecule has 5 heteroatoms. The maximum atomic E-state index is 10.9. The van der Waals surface area contributed by atoms with E-state index in [2.05, 4.69) is 10.3 Å². The molecule has 5 nitrogen and oxygen atoms in total. The summed E-state index contributed by atoms with van der Waals surface area (Å²) >= 11 is 0. The molecule has 0 radical (unpaired) electrons. The van der Waals surface area contributed by atoms with Gasteiger partial charge in [-0.1, -0.05) is 5.21 Å². The summed E-state index contributed by atoms with van der Waals surface area (Å²) in [5, 5.41) is 7.87. The van der Waals surface area contributed by atoms with Gasteiger partial charge in [0.25, 0.3) is 0 Å². The van der Waals surface area contributed by atoms with E-state index >= 15 is 0 Å². The van der Waals surface area contributed by atoms with Crippen LogP contribution < -0.4 is 5.73 Å². The smallest absolute Gasteiger partial charge is 0.248 e. The maximum Gasteiger partial charge on any atom is 0.248 e.